The molecule has 2 N–H and O–H groups in total. The first kappa shape index (κ1) is 15.5. The minimum atomic E-state index is -0.451. The highest BCUT2D eigenvalue weighted by Gasteiger charge is 2.09. The van der Waals surface area contributed by atoms with Crippen LogP contribution < -0.4 is 10.7 Å². The second-order valence-corrected chi connectivity index (χ2v) is 5.17. The fraction of sp³-hybridized carbons (Fsp3) is 0.118. The molecule has 3 aromatic rings. The molecule has 0 fully saturated rings. The summed E-state index contributed by atoms with van der Waals surface area (Å²) in [5.74, 6) is -0.721. The Labute approximate surface area is 137 Å². The van der Waals surface area contributed by atoms with Crippen LogP contribution in [0.1, 0.15) is 16.1 Å². The zero-order chi connectivity index (χ0) is 16.9. The Bertz CT molecular complexity index is 894. The maximum atomic E-state index is 11.7. The number of carbonyl (C=O) groups is 2. The molecule has 2 amide bonds. The van der Waals surface area contributed by atoms with E-state index in [9.17, 15) is 9.59 Å². The highest BCUT2D eigenvalue weighted by atomic mass is 16.3. The van der Waals surface area contributed by atoms with Crippen molar-refractivity contribution >= 4 is 28.9 Å². The van der Waals surface area contributed by atoms with Crippen LogP contribution >= 0.6 is 0 Å². The predicted octanol–water partition coefficient (Wildman–Crippen LogP) is 1.65. The second-order valence-electron chi connectivity index (χ2n) is 5.17. The third-order valence-electron chi connectivity index (χ3n) is 3.48. The molecule has 0 aliphatic carbocycles. The molecule has 122 valence electrons. The zero-order valence-corrected chi connectivity index (χ0v) is 13.0. The van der Waals surface area contributed by atoms with Gasteiger partial charge in [-0.1, -0.05) is 18.2 Å². The minimum absolute atomic E-state index is 0.155. The first-order valence-corrected chi connectivity index (χ1v) is 7.33. The molecule has 24 heavy (non-hydrogen) atoms. The van der Waals surface area contributed by atoms with E-state index >= 15 is 0 Å². The molecule has 0 aliphatic rings. The molecule has 0 aliphatic heterocycles. The lowest BCUT2D eigenvalue weighted by atomic mass is 10.2. The lowest BCUT2D eigenvalue weighted by Crippen LogP contribution is -2.34. The van der Waals surface area contributed by atoms with Crippen molar-refractivity contribution in [2.75, 3.05) is 6.54 Å². The minimum Gasteiger partial charge on any atom is -0.459 e. The van der Waals surface area contributed by atoms with Crippen LogP contribution in [-0.4, -0.2) is 29.1 Å². The van der Waals surface area contributed by atoms with Crippen LogP contribution in [0.3, 0.4) is 0 Å². The number of nitrogens with one attached hydrogen (secondary N) is 2. The van der Waals surface area contributed by atoms with Crippen LogP contribution in [0.2, 0.25) is 0 Å². The van der Waals surface area contributed by atoms with Gasteiger partial charge in [-0.15, -0.1) is 0 Å². The van der Waals surface area contributed by atoms with Gasteiger partial charge in [-0.05, 0) is 18.2 Å². The van der Waals surface area contributed by atoms with Crippen molar-refractivity contribution in [2.45, 2.75) is 0 Å². The van der Waals surface area contributed by atoms with Crippen LogP contribution in [0.5, 0.6) is 0 Å². The van der Waals surface area contributed by atoms with Gasteiger partial charge >= 0.3 is 0 Å². The SMILES string of the molecule is Cn1cc(C=NNC(=O)CNC(=O)c2ccco2)c2ccccc21. The molecular weight excluding hydrogens is 308 g/mol. The smallest absolute Gasteiger partial charge is 0.287 e. The standard InChI is InChI=1S/C17H16N4O3/c1-21-11-12(13-5-2-3-6-14(13)21)9-19-20-16(22)10-18-17(23)15-7-4-8-24-15/h2-9,11H,10H2,1H3,(H,18,23)(H,20,22). The van der Waals surface area contributed by atoms with E-state index < -0.39 is 11.8 Å². The van der Waals surface area contributed by atoms with Crippen LogP contribution in [0, 0.1) is 0 Å². The molecule has 3 rings (SSSR count). The van der Waals surface area contributed by atoms with Crippen molar-refractivity contribution < 1.29 is 14.0 Å². The molecular formula is C17H16N4O3. The van der Waals surface area contributed by atoms with E-state index in [0.29, 0.717) is 0 Å². The van der Waals surface area contributed by atoms with Crippen molar-refractivity contribution in [2.24, 2.45) is 12.1 Å². The van der Waals surface area contributed by atoms with Gasteiger partial charge in [-0.25, -0.2) is 5.43 Å². The number of furan rings is 1. The molecule has 0 unspecified atom stereocenters. The monoisotopic (exact) mass is 324 g/mol. The number of carbonyl (C=O) groups excluding carboxylic acids is 2. The Morgan fingerprint density at radius 3 is 2.88 bits per heavy atom. The van der Waals surface area contributed by atoms with Crippen molar-refractivity contribution in [3.05, 3.63) is 60.2 Å². The summed E-state index contributed by atoms with van der Waals surface area (Å²) in [6.07, 6.45) is 4.90. The summed E-state index contributed by atoms with van der Waals surface area (Å²) in [6.45, 7) is -0.188. The van der Waals surface area contributed by atoms with E-state index in [-0.39, 0.29) is 12.3 Å². The van der Waals surface area contributed by atoms with Crippen LogP contribution in [0.15, 0.2) is 58.4 Å². The average Bonchev–Trinajstić information content (AvgIpc) is 3.22. The van der Waals surface area contributed by atoms with Crippen LogP contribution in [0.4, 0.5) is 0 Å². The number of para-hydroxylation sites is 1. The van der Waals surface area contributed by atoms with Crippen molar-refractivity contribution in [3.8, 4) is 0 Å². The molecule has 0 atom stereocenters. The third kappa shape index (κ3) is 3.35. The molecule has 0 radical (unpaired) electrons. The Kier molecular flexibility index (Phi) is 4.42. The summed E-state index contributed by atoms with van der Waals surface area (Å²) >= 11 is 0. The topological polar surface area (TPSA) is 88.6 Å². The molecule has 0 spiro atoms. The lowest BCUT2D eigenvalue weighted by molar-refractivity contribution is -0.120. The van der Waals surface area contributed by atoms with Gasteiger partial charge in [0, 0.05) is 29.7 Å². The van der Waals surface area contributed by atoms with Crippen molar-refractivity contribution in [1.82, 2.24) is 15.3 Å². The summed E-state index contributed by atoms with van der Waals surface area (Å²) in [5, 5.41) is 7.42. The van der Waals surface area contributed by atoms with Gasteiger partial charge in [0.1, 0.15) is 0 Å². The summed E-state index contributed by atoms with van der Waals surface area (Å²) in [6, 6.07) is 11.0. The highest BCUT2D eigenvalue weighted by molar-refractivity contribution is 6.00. The predicted molar refractivity (Wildman–Crippen MR) is 89.7 cm³/mol. The van der Waals surface area contributed by atoms with Gasteiger partial charge in [0.2, 0.25) is 0 Å². The number of hydrogen-bond acceptors (Lipinski definition) is 4. The first-order chi connectivity index (χ1) is 11.6. The number of fused-ring (bicyclic) bond motifs is 1. The Morgan fingerprint density at radius 1 is 1.25 bits per heavy atom. The van der Waals surface area contributed by atoms with Crippen LogP contribution in [-0.2, 0) is 11.8 Å². The third-order valence-corrected chi connectivity index (χ3v) is 3.48. The summed E-state index contributed by atoms with van der Waals surface area (Å²) < 4.78 is 6.92. The van der Waals surface area contributed by atoms with E-state index in [0.717, 1.165) is 16.5 Å². The maximum Gasteiger partial charge on any atom is 0.287 e. The fourth-order valence-corrected chi connectivity index (χ4v) is 2.34. The number of aromatic nitrogens is 1. The maximum absolute atomic E-state index is 11.7. The number of hydrazone groups is 1. The largest absolute Gasteiger partial charge is 0.459 e. The van der Waals surface area contributed by atoms with Gasteiger partial charge in [-0.3, -0.25) is 9.59 Å². The lowest BCUT2D eigenvalue weighted by Gasteiger charge is -2.01. The molecule has 1 aromatic carbocycles. The molecule has 2 aromatic heterocycles. The first-order valence-electron chi connectivity index (χ1n) is 7.33. The molecule has 7 heteroatoms. The molecule has 2 heterocycles. The fourth-order valence-electron chi connectivity index (χ4n) is 2.34. The molecule has 7 nitrogen and oxygen atoms in total. The number of hydrogen-bond donors (Lipinski definition) is 2. The van der Waals surface area contributed by atoms with Gasteiger partial charge in [0.15, 0.2) is 5.76 Å². The molecule has 0 bridgehead atoms. The number of amides is 2. The van der Waals surface area contributed by atoms with E-state index in [2.05, 4.69) is 15.8 Å². The van der Waals surface area contributed by atoms with Crippen LogP contribution in [0.25, 0.3) is 10.9 Å². The highest BCUT2D eigenvalue weighted by Crippen LogP contribution is 2.18. The normalized spacial score (nSPS) is 11.0. The summed E-state index contributed by atoms with van der Waals surface area (Å²) in [5.41, 5.74) is 4.36. The number of benzene rings is 1. The Morgan fingerprint density at radius 2 is 2.08 bits per heavy atom. The van der Waals surface area contributed by atoms with Gasteiger partial charge in [0.25, 0.3) is 11.8 Å². The molecule has 0 saturated carbocycles. The number of aryl methyl sites for hydroxylation is 1. The second kappa shape index (κ2) is 6.82. The van der Waals surface area contributed by atoms with Gasteiger partial charge in [0.05, 0.1) is 19.0 Å². The summed E-state index contributed by atoms with van der Waals surface area (Å²) in [4.78, 5) is 23.3. The molecule has 0 saturated heterocycles. The Hall–Kier alpha value is -3.35. The van der Waals surface area contributed by atoms with Crippen molar-refractivity contribution in [3.63, 3.8) is 0 Å². The van der Waals surface area contributed by atoms with E-state index in [4.69, 9.17) is 4.42 Å². The number of rotatable bonds is 5. The van der Waals surface area contributed by atoms with E-state index in [1.807, 2.05) is 42.1 Å². The summed E-state index contributed by atoms with van der Waals surface area (Å²) in [7, 11) is 1.95. The average molecular weight is 324 g/mol. The van der Waals surface area contributed by atoms with E-state index in [1.54, 1.807) is 12.3 Å². The van der Waals surface area contributed by atoms with Crippen molar-refractivity contribution in [1.29, 1.82) is 0 Å². The van der Waals surface area contributed by atoms with Gasteiger partial charge < -0.3 is 14.3 Å². The Balaban J connectivity index is 1.55. The number of nitrogens with zero attached hydrogens (tertiary/aromatic N) is 2. The van der Waals surface area contributed by atoms with E-state index in [1.165, 1.54) is 12.3 Å². The van der Waals surface area contributed by atoms with Gasteiger partial charge in [-0.2, -0.15) is 5.10 Å². The zero-order valence-electron chi connectivity index (χ0n) is 13.0. The quantitative estimate of drug-likeness (QED) is 0.552.